The number of Topliss-reactive ketones (excluding diaryl/α,β-unsaturated/α-hetero) is 1. The number of hydrogen-bond donors (Lipinski definition) is 1. The van der Waals surface area contributed by atoms with Crippen LogP contribution in [-0.2, 0) is 17.9 Å². The Hall–Kier alpha value is -2.22. The third kappa shape index (κ3) is 6.16. The van der Waals surface area contributed by atoms with Crippen LogP contribution in [0.2, 0.25) is 0 Å². The molecule has 0 saturated heterocycles. The summed E-state index contributed by atoms with van der Waals surface area (Å²) in [6.45, 7) is 8.94. The normalized spacial score (nSPS) is 12.4. The van der Waals surface area contributed by atoms with Crippen molar-refractivity contribution in [2.75, 3.05) is 7.05 Å². The number of nitrogens with one attached hydrogen (secondary N) is 1. The van der Waals surface area contributed by atoms with Crippen molar-refractivity contribution in [1.82, 2.24) is 24.8 Å². The van der Waals surface area contributed by atoms with Gasteiger partial charge in [-0.2, -0.15) is 0 Å². The minimum Gasteiger partial charge on any atom is -0.337 e. The zero-order valence-electron chi connectivity index (χ0n) is 16.7. The van der Waals surface area contributed by atoms with Gasteiger partial charge in [-0.3, -0.25) is 4.79 Å². The van der Waals surface area contributed by atoms with E-state index >= 15 is 0 Å². The van der Waals surface area contributed by atoms with Crippen molar-refractivity contribution >= 4 is 23.2 Å². The van der Waals surface area contributed by atoms with Crippen molar-refractivity contribution in [3.05, 3.63) is 34.8 Å². The molecular weight excluding hydrogens is 362 g/mol. The zero-order valence-corrected chi connectivity index (χ0v) is 17.5. The molecule has 0 spiro atoms. The first-order valence-corrected chi connectivity index (χ1v) is 10.1. The van der Waals surface area contributed by atoms with Crippen LogP contribution in [0.5, 0.6) is 0 Å². The first-order valence-electron chi connectivity index (χ1n) is 9.23. The highest BCUT2D eigenvalue weighted by molar-refractivity contribution is 7.09. The molecule has 2 heterocycles. The van der Waals surface area contributed by atoms with Crippen LogP contribution in [0.3, 0.4) is 0 Å². The van der Waals surface area contributed by atoms with E-state index in [4.69, 9.17) is 0 Å². The predicted molar refractivity (Wildman–Crippen MR) is 107 cm³/mol. The minimum absolute atomic E-state index is 0.0348. The van der Waals surface area contributed by atoms with E-state index in [1.165, 1.54) is 0 Å². The fourth-order valence-electron chi connectivity index (χ4n) is 2.62. The molecule has 1 N–H and O–H groups in total. The van der Waals surface area contributed by atoms with Gasteiger partial charge in [-0.1, -0.05) is 27.7 Å². The van der Waals surface area contributed by atoms with E-state index in [1.807, 2.05) is 30.0 Å². The monoisotopic (exact) mass is 391 g/mol. The van der Waals surface area contributed by atoms with E-state index in [-0.39, 0.29) is 17.7 Å². The molecule has 7 nitrogen and oxygen atoms in total. The molecule has 0 bridgehead atoms. The Balaban J connectivity index is 1.96. The van der Waals surface area contributed by atoms with Gasteiger partial charge in [0, 0.05) is 43.2 Å². The van der Waals surface area contributed by atoms with Crippen LogP contribution in [0.1, 0.15) is 50.7 Å². The predicted octanol–water partition coefficient (Wildman–Crippen LogP) is 3.29. The van der Waals surface area contributed by atoms with Crippen molar-refractivity contribution in [3.63, 3.8) is 0 Å². The SMILES string of the molecule is CC(C)C(=O)C(CCn1ccnc1)NC(=O)N(C)Cc1csc(C(C)C)n1. The lowest BCUT2D eigenvalue weighted by atomic mass is 9.99. The lowest BCUT2D eigenvalue weighted by molar-refractivity contribution is -0.124. The molecule has 0 aliphatic carbocycles. The summed E-state index contributed by atoms with van der Waals surface area (Å²) in [6.07, 6.45) is 5.78. The molecule has 2 amide bonds. The summed E-state index contributed by atoms with van der Waals surface area (Å²) in [5.41, 5.74) is 0.867. The molecule has 27 heavy (non-hydrogen) atoms. The standard InChI is InChI=1S/C19H29N5O2S/c1-13(2)17(25)16(6-8-24-9-7-20-12-24)22-19(26)23(5)10-15-11-27-18(21-15)14(3)4/h7,9,11-14,16H,6,8,10H2,1-5H3,(H,22,26). The molecule has 1 atom stereocenters. The number of amides is 2. The van der Waals surface area contributed by atoms with Crippen LogP contribution >= 0.6 is 11.3 Å². The number of carbonyl (C=O) groups excluding carboxylic acids is 2. The second kappa shape index (κ2) is 9.64. The Morgan fingerprint density at radius 2 is 2.04 bits per heavy atom. The number of carbonyl (C=O) groups is 2. The molecule has 0 aromatic carbocycles. The Kier molecular flexibility index (Phi) is 7.53. The summed E-state index contributed by atoms with van der Waals surface area (Å²) in [5.74, 6) is 0.266. The molecule has 2 aromatic heterocycles. The number of nitrogens with zero attached hydrogens (tertiary/aromatic N) is 4. The molecule has 8 heteroatoms. The lowest BCUT2D eigenvalue weighted by Crippen LogP contribution is -2.48. The molecular formula is C19H29N5O2S. The maximum atomic E-state index is 12.6. The zero-order chi connectivity index (χ0) is 20.0. The number of ketones is 1. The van der Waals surface area contributed by atoms with Gasteiger partial charge >= 0.3 is 6.03 Å². The highest BCUT2D eigenvalue weighted by atomic mass is 32.1. The molecule has 2 rings (SSSR count). The summed E-state index contributed by atoms with van der Waals surface area (Å²) in [7, 11) is 1.72. The van der Waals surface area contributed by atoms with Crippen LogP contribution in [0.4, 0.5) is 4.79 Å². The van der Waals surface area contributed by atoms with Crippen molar-refractivity contribution in [2.24, 2.45) is 5.92 Å². The number of aromatic nitrogens is 3. The van der Waals surface area contributed by atoms with Crippen LogP contribution in [0.15, 0.2) is 24.1 Å². The smallest absolute Gasteiger partial charge is 0.318 e. The van der Waals surface area contributed by atoms with Gasteiger partial charge in [0.25, 0.3) is 0 Å². The number of thiazole rings is 1. The molecule has 1 unspecified atom stereocenters. The first-order chi connectivity index (χ1) is 12.8. The van der Waals surface area contributed by atoms with Gasteiger partial charge in [0.2, 0.25) is 0 Å². The van der Waals surface area contributed by atoms with Crippen LogP contribution in [0, 0.1) is 5.92 Å². The Morgan fingerprint density at radius 3 is 2.59 bits per heavy atom. The van der Waals surface area contributed by atoms with Gasteiger partial charge in [-0.25, -0.2) is 14.8 Å². The van der Waals surface area contributed by atoms with E-state index in [0.717, 1.165) is 10.7 Å². The number of hydrogen-bond acceptors (Lipinski definition) is 5. The molecule has 2 aromatic rings. The number of rotatable bonds is 9. The highest BCUT2D eigenvalue weighted by Crippen LogP contribution is 2.19. The molecule has 148 valence electrons. The van der Waals surface area contributed by atoms with Gasteiger partial charge in [-0.05, 0) is 6.42 Å². The Morgan fingerprint density at radius 1 is 1.30 bits per heavy atom. The maximum absolute atomic E-state index is 12.6. The minimum atomic E-state index is -0.524. The van der Waals surface area contributed by atoms with E-state index in [2.05, 4.69) is 29.1 Å². The molecule has 0 fully saturated rings. The third-order valence-corrected chi connectivity index (χ3v) is 5.45. The largest absolute Gasteiger partial charge is 0.337 e. The average Bonchev–Trinajstić information content (AvgIpc) is 3.29. The van der Waals surface area contributed by atoms with E-state index in [9.17, 15) is 9.59 Å². The summed E-state index contributed by atoms with van der Waals surface area (Å²) in [5, 5.41) is 5.93. The molecule has 0 radical (unpaired) electrons. The molecule has 0 aliphatic heterocycles. The number of imidazole rings is 1. The number of urea groups is 1. The maximum Gasteiger partial charge on any atom is 0.318 e. The van der Waals surface area contributed by atoms with Crippen LogP contribution < -0.4 is 5.32 Å². The second-order valence-corrected chi connectivity index (χ2v) is 8.23. The Labute approximate surface area is 164 Å². The van der Waals surface area contributed by atoms with Crippen molar-refractivity contribution in [3.8, 4) is 0 Å². The average molecular weight is 392 g/mol. The van der Waals surface area contributed by atoms with Crippen molar-refractivity contribution in [2.45, 2.75) is 59.2 Å². The van der Waals surface area contributed by atoms with Gasteiger partial charge < -0.3 is 14.8 Å². The first kappa shape index (κ1) is 21.1. The van der Waals surface area contributed by atoms with Gasteiger partial charge in [0.05, 0.1) is 29.6 Å². The second-order valence-electron chi connectivity index (χ2n) is 7.34. The van der Waals surface area contributed by atoms with E-state index in [1.54, 1.807) is 35.8 Å². The van der Waals surface area contributed by atoms with Gasteiger partial charge in [0.15, 0.2) is 5.78 Å². The highest BCUT2D eigenvalue weighted by Gasteiger charge is 2.24. The molecule has 0 aliphatic rings. The van der Waals surface area contributed by atoms with E-state index < -0.39 is 6.04 Å². The third-order valence-electron chi connectivity index (χ3n) is 4.25. The summed E-state index contributed by atoms with van der Waals surface area (Å²) in [6, 6.07) is -0.789. The molecule has 0 saturated carbocycles. The fourth-order valence-corrected chi connectivity index (χ4v) is 3.45. The quantitative estimate of drug-likeness (QED) is 0.711. The van der Waals surface area contributed by atoms with Crippen molar-refractivity contribution in [1.29, 1.82) is 0 Å². The van der Waals surface area contributed by atoms with E-state index in [0.29, 0.717) is 25.4 Å². The summed E-state index contributed by atoms with van der Waals surface area (Å²) in [4.78, 5) is 35.3. The van der Waals surface area contributed by atoms with Crippen LogP contribution in [-0.4, -0.2) is 44.3 Å². The Bertz CT molecular complexity index is 739. The van der Waals surface area contributed by atoms with Gasteiger partial charge in [0.1, 0.15) is 0 Å². The summed E-state index contributed by atoms with van der Waals surface area (Å²) < 4.78 is 1.90. The number of aryl methyl sites for hydroxylation is 1. The fraction of sp³-hybridized carbons (Fsp3) is 0.579. The van der Waals surface area contributed by atoms with Crippen molar-refractivity contribution < 1.29 is 9.59 Å². The van der Waals surface area contributed by atoms with Gasteiger partial charge in [-0.15, -0.1) is 11.3 Å². The lowest BCUT2D eigenvalue weighted by Gasteiger charge is -2.24. The summed E-state index contributed by atoms with van der Waals surface area (Å²) >= 11 is 1.61. The van der Waals surface area contributed by atoms with Crippen LogP contribution in [0.25, 0.3) is 0 Å². The topological polar surface area (TPSA) is 80.1 Å².